The van der Waals surface area contributed by atoms with Gasteiger partial charge in [0, 0.05) is 24.2 Å². The number of rotatable bonds is 3. The van der Waals surface area contributed by atoms with Crippen LogP contribution in [0.5, 0.6) is 0 Å². The van der Waals surface area contributed by atoms with Crippen molar-refractivity contribution in [3.63, 3.8) is 0 Å². The third kappa shape index (κ3) is 2.86. The zero-order valence-corrected chi connectivity index (χ0v) is 12.7. The van der Waals surface area contributed by atoms with Gasteiger partial charge >= 0.3 is 0 Å². The molecule has 1 amide bonds. The number of hydrogen-bond acceptors (Lipinski definition) is 3. The predicted molar refractivity (Wildman–Crippen MR) is 83.7 cm³/mol. The maximum atomic E-state index is 12.5. The molecule has 108 valence electrons. The molecule has 2 aliphatic rings. The highest BCUT2D eigenvalue weighted by atomic mass is 32.2. The van der Waals surface area contributed by atoms with Crippen LogP contribution in [0.15, 0.2) is 30.3 Å². The van der Waals surface area contributed by atoms with Crippen LogP contribution in [0.4, 0.5) is 0 Å². The van der Waals surface area contributed by atoms with E-state index in [-0.39, 0.29) is 6.04 Å². The fourth-order valence-electron chi connectivity index (χ4n) is 3.26. The van der Waals surface area contributed by atoms with Crippen molar-refractivity contribution in [2.75, 3.05) is 18.2 Å². The third-order valence-corrected chi connectivity index (χ3v) is 5.49. The van der Waals surface area contributed by atoms with Gasteiger partial charge in [-0.25, -0.2) is 0 Å². The fourth-order valence-corrected chi connectivity index (χ4v) is 4.19. The van der Waals surface area contributed by atoms with Crippen LogP contribution >= 0.6 is 11.8 Å². The van der Waals surface area contributed by atoms with Crippen molar-refractivity contribution in [2.24, 2.45) is 5.92 Å². The lowest BCUT2D eigenvalue weighted by molar-refractivity contribution is -0.133. The summed E-state index contributed by atoms with van der Waals surface area (Å²) in [6.07, 6.45) is 2.21. The molecule has 0 aliphatic carbocycles. The molecular weight excluding hydrogens is 268 g/mol. The first-order valence-electron chi connectivity index (χ1n) is 7.41. The molecule has 4 heteroatoms. The van der Waals surface area contributed by atoms with Crippen molar-refractivity contribution in [1.29, 1.82) is 0 Å². The average Bonchev–Trinajstić information content (AvgIpc) is 3.11. The number of hydrogen-bond donors (Lipinski definition) is 1. The second-order valence-corrected chi connectivity index (χ2v) is 6.81. The minimum Gasteiger partial charge on any atom is -0.338 e. The van der Waals surface area contributed by atoms with Gasteiger partial charge < -0.3 is 4.90 Å². The van der Waals surface area contributed by atoms with Crippen molar-refractivity contribution in [3.05, 3.63) is 35.9 Å². The summed E-state index contributed by atoms with van der Waals surface area (Å²) in [6, 6.07) is 11.0. The fraction of sp³-hybridized carbons (Fsp3) is 0.562. The molecule has 0 spiro atoms. The molecule has 2 heterocycles. The highest BCUT2D eigenvalue weighted by Gasteiger charge is 2.37. The number of carbonyl (C=O) groups excluding carboxylic acids is 1. The Morgan fingerprint density at radius 3 is 2.90 bits per heavy atom. The van der Waals surface area contributed by atoms with E-state index in [4.69, 9.17) is 0 Å². The van der Waals surface area contributed by atoms with Gasteiger partial charge in [0.1, 0.15) is 0 Å². The third-order valence-electron chi connectivity index (χ3n) is 4.55. The maximum Gasteiger partial charge on any atom is 0.240 e. The summed E-state index contributed by atoms with van der Waals surface area (Å²) in [5, 5.41) is 3.29. The molecule has 0 aromatic heterocycles. The van der Waals surface area contributed by atoms with Crippen molar-refractivity contribution in [1.82, 2.24) is 10.2 Å². The Bertz CT molecular complexity index is 459. The first kappa shape index (κ1) is 14.0. The molecule has 3 nitrogen and oxygen atoms in total. The van der Waals surface area contributed by atoms with Gasteiger partial charge in [0.2, 0.25) is 5.91 Å². The zero-order chi connectivity index (χ0) is 13.9. The Labute approximate surface area is 125 Å². The van der Waals surface area contributed by atoms with Crippen LogP contribution in [-0.2, 0) is 11.2 Å². The normalized spacial score (nSPS) is 29.9. The molecule has 0 radical (unpaired) electrons. The summed E-state index contributed by atoms with van der Waals surface area (Å²) in [6.45, 7) is 3.13. The van der Waals surface area contributed by atoms with Crippen LogP contribution in [0.25, 0.3) is 0 Å². The van der Waals surface area contributed by atoms with E-state index in [0.717, 1.165) is 31.0 Å². The smallest absolute Gasteiger partial charge is 0.240 e. The summed E-state index contributed by atoms with van der Waals surface area (Å²) in [5.74, 6) is 2.73. The van der Waals surface area contributed by atoms with Crippen LogP contribution < -0.4 is 5.32 Å². The van der Waals surface area contributed by atoms with E-state index in [1.54, 1.807) is 0 Å². The minimum atomic E-state index is 0.0397. The lowest BCUT2D eigenvalue weighted by Gasteiger charge is -2.27. The second kappa shape index (κ2) is 6.19. The Hall–Kier alpha value is -1.000. The van der Waals surface area contributed by atoms with Crippen LogP contribution in [0.1, 0.15) is 18.9 Å². The van der Waals surface area contributed by atoms with Gasteiger partial charge in [0.05, 0.1) is 6.04 Å². The Kier molecular flexibility index (Phi) is 4.32. The molecule has 3 atom stereocenters. The summed E-state index contributed by atoms with van der Waals surface area (Å²) in [7, 11) is 0. The molecule has 2 saturated heterocycles. The number of amides is 1. The highest BCUT2D eigenvalue weighted by molar-refractivity contribution is 7.99. The average molecular weight is 290 g/mol. The highest BCUT2D eigenvalue weighted by Crippen LogP contribution is 2.28. The molecule has 0 saturated carbocycles. The van der Waals surface area contributed by atoms with Crippen LogP contribution in [0.2, 0.25) is 0 Å². The molecule has 1 aromatic carbocycles. The van der Waals surface area contributed by atoms with E-state index in [1.807, 2.05) is 11.8 Å². The monoisotopic (exact) mass is 290 g/mol. The van der Waals surface area contributed by atoms with Crippen molar-refractivity contribution in [3.8, 4) is 0 Å². The van der Waals surface area contributed by atoms with Gasteiger partial charge in [0.25, 0.3) is 0 Å². The van der Waals surface area contributed by atoms with E-state index in [1.165, 1.54) is 5.56 Å². The zero-order valence-electron chi connectivity index (χ0n) is 11.9. The Morgan fingerprint density at radius 1 is 1.40 bits per heavy atom. The molecule has 0 bridgehead atoms. The van der Waals surface area contributed by atoms with E-state index >= 15 is 0 Å². The van der Waals surface area contributed by atoms with Crippen molar-refractivity contribution >= 4 is 17.7 Å². The number of benzene rings is 1. The maximum absolute atomic E-state index is 12.5. The van der Waals surface area contributed by atoms with Crippen LogP contribution in [0.3, 0.4) is 0 Å². The molecule has 2 fully saturated rings. The number of nitrogens with one attached hydrogen (secondary N) is 1. The molecule has 3 rings (SSSR count). The van der Waals surface area contributed by atoms with Gasteiger partial charge in [0.15, 0.2) is 0 Å². The van der Waals surface area contributed by atoms with E-state index < -0.39 is 0 Å². The van der Waals surface area contributed by atoms with Crippen LogP contribution in [-0.4, -0.2) is 41.1 Å². The van der Waals surface area contributed by atoms with E-state index in [0.29, 0.717) is 17.9 Å². The number of carbonyl (C=O) groups is 1. The molecule has 0 unspecified atom stereocenters. The summed E-state index contributed by atoms with van der Waals surface area (Å²) in [4.78, 5) is 14.6. The van der Waals surface area contributed by atoms with Gasteiger partial charge in [-0.05, 0) is 31.2 Å². The summed E-state index contributed by atoms with van der Waals surface area (Å²) >= 11 is 1.82. The molecule has 1 aromatic rings. The second-order valence-electron chi connectivity index (χ2n) is 5.78. The van der Waals surface area contributed by atoms with E-state index in [9.17, 15) is 4.79 Å². The van der Waals surface area contributed by atoms with Crippen molar-refractivity contribution < 1.29 is 4.79 Å². The topological polar surface area (TPSA) is 32.3 Å². The van der Waals surface area contributed by atoms with Gasteiger partial charge in [-0.3, -0.25) is 10.1 Å². The Balaban J connectivity index is 1.61. The first-order valence-corrected chi connectivity index (χ1v) is 8.56. The Morgan fingerprint density at radius 2 is 2.20 bits per heavy atom. The van der Waals surface area contributed by atoms with Crippen LogP contribution in [0, 0.1) is 5.92 Å². The molecular formula is C16H22N2OS. The number of thioether (sulfide) groups is 1. The van der Waals surface area contributed by atoms with Crippen molar-refractivity contribution in [2.45, 2.75) is 31.8 Å². The minimum absolute atomic E-state index is 0.0397. The van der Waals surface area contributed by atoms with Gasteiger partial charge in [-0.1, -0.05) is 30.3 Å². The summed E-state index contributed by atoms with van der Waals surface area (Å²) in [5.41, 5.74) is 1.38. The lowest BCUT2D eigenvalue weighted by Crippen LogP contribution is -2.47. The predicted octanol–water partition coefficient (Wildman–Crippen LogP) is 2.13. The quantitative estimate of drug-likeness (QED) is 0.925. The van der Waals surface area contributed by atoms with Gasteiger partial charge in [-0.15, -0.1) is 11.8 Å². The first-order chi connectivity index (χ1) is 9.75. The molecule has 1 N–H and O–H groups in total. The SMILES string of the molecule is C[C@@H]1[C@@H](Cc2ccccc2)CCN1C(=O)[C@H]1CSCN1. The van der Waals surface area contributed by atoms with Gasteiger partial charge in [-0.2, -0.15) is 0 Å². The number of likely N-dealkylation sites (tertiary alicyclic amines) is 1. The lowest BCUT2D eigenvalue weighted by atomic mass is 9.93. The molecule has 2 aliphatic heterocycles. The summed E-state index contributed by atoms with van der Waals surface area (Å²) < 4.78 is 0. The molecule has 20 heavy (non-hydrogen) atoms. The standard InChI is InChI=1S/C16H22N2OS/c1-12-14(9-13-5-3-2-4-6-13)7-8-18(12)16(19)15-10-20-11-17-15/h2-6,12,14-15,17H,7-11H2,1H3/t12-,14-,15-/m1/s1. The van der Waals surface area contributed by atoms with E-state index in [2.05, 4.69) is 47.5 Å². The number of nitrogens with zero attached hydrogens (tertiary/aromatic N) is 1. The largest absolute Gasteiger partial charge is 0.338 e.